The van der Waals surface area contributed by atoms with Gasteiger partial charge in [0.15, 0.2) is 5.96 Å². The van der Waals surface area contributed by atoms with Crippen molar-refractivity contribution in [3.8, 4) is 0 Å². The van der Waals surface area contributed by atoms with E-state index in [2.05, 4.69) is 10.6 Å². The maximum atomic E-state index is 11.6. The highest BCUT2D eigenvalue weighted by Gasteiger charge is 2.16. The van der Waals surface area contributed by atoms with Gasteiger partial charge in [0, 0.05) is 6.54 Å². The van der Waals surface area contributed by atoms with Crippen molar-refractivity contribution in [2.75, 3.05) is 6.54 Å². The summed E-state index contributed by atoms with van der Waals surface area (Å²) in [5, 5.41) is 12.2. The Balaban J connectivity index is 3.87. The van der Waals surface area contributed by atoms with Crippen molar-refractivity contribution >= 4 is 18.2 Å². The summed E-state index contributed by atoms with van der Waals surface area (Å²) in [5.41, 5.74) is 10.8. The minimum absolute atomic E-state index is 0.100. The first kappa shape index (κ1) is 16.4. The third-order valence-corrected chi connectivity index (χ3v) is 2.44. The van der Waals surface area contributed by atoms with Crippen LogP contribution in [0.2, 0.25) is 0 Å². The van der Waals surface area contributed by atoms with Crippen molar-refractivity contribution < 1.29 is 9.59 Å². The summed E-state index contributed by atoms with van der Waals surface area (Å²) in [6, 6.07) is -1.10. The van der Waals surface area contributed by atoms with E-state index >= 15 is 0 Å². The number of rotatable bonds is 9. The zero-order valence-corrected chi connectivity index (χ0v) is 10.7. The van der Waals surface area contributed by atoms with Crippen LogP contribution in [0.1, 0.15) is 32.6 Å². The number of amides is 1. The van der Waals surface area contributed by atoms with E-state index in [-0.39, 0.29) is 11.9 Å². The van der Waals surface area contributed by atoms with Crippen LogP contribution in [0.5, 0.6) is 0 Å². The van der Waals surface area contributed by atoms with E-state index in [0.717, 1.165) is 12.7 Å². The Labute approximate surface area is 107 Å². The number of nitrogens with one attached hydrogen (secondary N) is 3. The Morgan fingerprint density at radius 1 is 1.44 bits per heavy atom. The fraction of sp³-hybridized carbons (Fsp3) is 0.727. The molecule has 0 aliphatic carbocycles. The Hall–Kier alpha value is -1.63. The van der Waals surface area contributed by atoms with Crippen LogP contribution >= 0.6 is 0 Å². The van der Waals surface area contributed by atoms with Gasteiger partial charge in [-0.2, -0.15) is 0 Å². The number of carbonyl (C=O) groups excluding carboxylic acids is 2. The van der Waals surface area contributed by atoms with E-state index in [1.54, 1.807) is 0 Å². The Morgan fingerprint density at radius 2 is 2.11 bits per heavy atom. The SMILES string of the molecule is CCC[C@@H](C=O)NC(=O)[C@H](N)CCCNC(=N)N. The molecule has 0 rings (SSSR count). The fourth-order valence-electron chi connectivity index (χ4n) is 1.45. The maximum Gasteiger partial charge on any atom is 0.237 e. The molecule has 0 saturated heterocycles. The van der Waals surface area contributed by atoms with Crippen LogP contribution in [-0.2, 0) is 9.59 Å². The average molecular weight is 257 g/mol. The van der Waals surface area contributed by atoms with Gasteiger partial charge in [-0.3, -0.25) is 10.2 Å². The van der Waals surface area contributed by atoms with E-state index < -0.39 is 12.1 Å². The molecule has 7 nitrogen and oxygen atoms in total. The summed E-state index contributed by atoms with van der Waals surface area (Å²) in [6.45, 7) is 2.44. The zero-order chi connectivity index (χ0) is 14.0. The van der Waals surface area contributed by atoms with Crippen LogP contribution in [0.4, 0.5) is 0 Å². The second-order valence-electron chi connectivity index (χ2n) is 4.13. The summed E-state index contributed by atoms with van der Waals surface area (Å²) in [7, 11) is 0. The number of hydrogen-bond acceptors (Lipinski definition) is 4. The van der Waals surface area contributed by atoms with E-state index in [0.29, 0.717) is 25.8 Å². The molecule has 0 aromatic carbocycles. The number of carbonyl (C=O) groups is 2. The van der Waals surface area contributed by atoms with Crippen LogP contribution in [-0.4, -0.2) is 36.8 Å². The molecule has 7 heteroatoms. The minimum atomic E-state index is -0.641. The van der Waals surface area contributed by atoms with E-state index in [4.69, 9.17) is 16.9 Å². The molecule has 18 heavy (non-hydrogen) atoms. The molecule has 104 valence electrons. The summed E-state index contributed by atoms with van der Waals surface area (Å²) >= 11 is 0. The predicted octanol–water partition coefficient (Wildman–Crippen LogP) is -0.939. The van der Waals surface area contributed by atoms with Crippen LogP contribution in [0.3, 0.4) is 0 Å². The molecule has 0 heterocycles. The molecule has 0 bridgehead atoms. The van der Waals surface area contributed by atoms with E-state index in [1.165, 1.54) is 0 Å². The highest BCUT2D eigenvalue weighted by Crippen LogP contribution is 1.97. The predicted molar refractivity (Wildman–Crippen MR) is 70.0 cm³/mol. The minimum Gasteiger partial charge on any atom is -0.370 e. The van der Waals surface area contributed by atoms with Crippen molar-refractivity contribution in [2.24, 2.45) is 11.5 Å². The molecular weight excluding hydrogens is 234 g/mol. The van der Waals surface area contributed by atoms with Crippen molar-refractivity contribution in [2.45, 2.75) is 44.7 Å². The summed E-state index contributed by atoms with van der Waals surface area (Å²) in [5.74, 6) is -0.416. The lowest BCUT2D eigenvalue weighted by Crippen LogP contribution is -2.46. The molecule has 2 atom stereocenters. The third kappa shape index (κ3) is 7.61. The van der Waals surface area contributed by atoms with Crippen LogP contribution in [0.15, 0.2) is 0 Å². The zero-order valence-electron chi connectivity index (χ0n) is 10.7. The average Bonchev–Trinajstić information content (AvgIpc) is 2.33. The molecule has 0 aliphatic rings. The molecular formula is C11H23N5O2. The van der Waals surface area contributed by atoms with E-state index in [9.17, 15) is 9.59 Å². The first-order valence-corrected chi connectivity index (χ1v) is 6.10. The van der Waals surface area contributed by atoms with Crippen LogP contribution < -0.4 is 22.1 Å². The standard InChI is InChI=1S/C11H23N5O2/c1-2-4-8(7-17)16-10(18)9(12)5-3-6-15-11(13)14/h7-9H,2-6,12H2,1H3,(H,16,18)(H4,13,14,15)/t8-,9+/m0/s1. The second kappa shape index (κ2) is 9.41. The smallest absolute Gasteiger partial charge is 0.237 e. The van der Waals surface area contributed by atoms with Gasteiger partial charge in [-0.1, -0.05) is 13.3 Å². The van der Waals surface area contributed by atoms with Crippen molar-refractivity contribution in [1.82, 2.24) is 10.6 Å². The molecule has 0 fully saturated rings. The van der Waals surface area contributed by atoms with Gasteiger partial charge in [0.05, 0.1) is 12.1 Å². The summed E-state index contributed by atoms with van der Waals surface area (Å²) in [6.07, 6.45) is 3.28. The van der Waals surface area contributed by atoms with Gasteiger partial charge in [0.2, 0.25) is 5.91 Å². The van der Waals surface area contributed by atoms with Crippen molar-refractivity contribution in [1.29, 1.82) is 5.41 Å². The molecule has 0 unspecified atom stereocenters. The van der Waals surface area contributed by atoms with Crippen LogP contribution in [0.25, 0.3) is 0 Å². The number of aldehydes is 1. The second-order valence-corrected chi connectivity index (χ2v) is 4.13. The van der Waals surface area contributed by atoms with Crippen molar-refractivity contribution in [3.05, 3.63) is 0 Å². The highest BCUT2D eigenvalue weighted by molar-refractivity contribution is 5.84. The molecule has 0 radical (unpaired) electrons. The third-order valence-electron chi connectivity index (χ3n) is 2.44. The van der Waals surface area contributed by atoms with Crippen molar-refractivity contribution in [3.63, 3.8) is 0 Å². The topological polar surface area (TPSA) is 134 Å². The molecule has 0 aromatic rings. The highest BCUT2D eigenvalue weighted by atomic mass is 16.2. The van der Waals surface area contributed by atoms with Crippen LogP contribution in [0, 0.1) is 5.41 Å². The number of nitrogens with two attached hydrogens (primary N) is 2. The monoisotopic (exact) mass is 257 g/mol. The first-order chi connectivity index (χ1) is 8.51. The molecule has 7 N–H and O–H groups in total. The Bertz CT molecular complexity index is 283. The van der Waals surface area contributed by atoms with Gasteiger partial charge < -0.3 is 26.9 Å². The quantitative estimate of drug-likeness (QED) is 0.157. The summed E-state index contributed by atoms with van der Waals surface area (Å²) in [4.78, 5) is 22.3. The van der Waals surface area contributed by atoms with Gasteiger partial charge in [0.1, 0.15) is 6.29 Å². The fourth-order valence-corrected chi connectivity index (χ4v) is 1.45. The van der Waals surface area contributed by atoms with Gasteiger partial charge >= 0.3 is 0 Å². The molecule has 0 saturated carbocycles. The van der Waals surface area contributed by atoms with Gasteiger partial charge in [-0.25, -0.2) is 0 Å². The lowest BCUT2D eigenvalue weighted by molar-refractivity contribution is -0.125. The normalized spacial score (nSPS) is 13.4. The number of hydrogen-bond donors (Lipinski definition) is 5. The summed E-state index contributed by atoms with van der Waals surface area (Å²) < 4.78 is 0. The Kier molecular flexibility index (Phi) is 8.55. The van der Waals surface area contributed by atoms with Gasteiger partial charge in [-0.15, -0.1) is 0 Å². The molecule has 0 spiro atoms. The van der Waals surface area contributed by atoms with E-state index in [1.807, 2.05) is 6.92 Å². The largest absolute Gasteiger partial charge is 0.370 e. The Morgan fingerprint density at radius 3 is 2.61 bits per heavy atom. The molecule has 0 aromatic heterocycles. The lowest BCUT2D eigenvalue weighted by Gasteiger charge is -2.16. The molecule has 0 aliphatic heterocycles. The first-order valence-electron chi connectivity index (χ1n) is 6.10. The maximum absolute atomic E-state index is 11.6. The lowest BCUT2D eigenvalue weighted by atomic mass is 10.1. The molecule has 1 amide bonds. The number of guanidine groups is 1. The van der Waals surface area contributed by atoms with Gasteiger partial charge in [-0.05, 0) is 19.3 Å². The van der Waals surface area contributed by atoms with Gasteiger partial charge in [0.25, 0.3) is 0 Å².